The summed E-state index contributed by atoms with van der Waals surface area (Å²) in [5, 5.41) is 11.1. The van der Waals surface area contributed by atoms with Crippen LogP contribution in [0.2, 0.25) is 0 Å². The van der Waals surface area contributed by atoms with Gasteiger partial charge in [-0.2, -0.15) is 0 Å². The van der Waals surface area contributed by atoms with Gasteiger partial charge in [-0.05, 0) is 30.2 Å². The van der Waals surface area contributed by atoms with Crippen LogP contribution >= 0.6 is 0 Å². The van der Waals surface area contributed by atoms with Crippen molar-refractivity contribution in [3.63, 3.8) is 0 Å². The molecule has 2 aromatic rings. The van der Waals surface area contributed by atoms with Crippen molar-refractivity contribution in [2.75, 3.05) is 38.4 Å². The van der Waals surface area contributed by atoms with Crippen molar-refractivity contribution in [3.8, 4) is 11.5 Å². The Bertz CT molecular complexity index is 1090. The second-order valence-corrected chi connectivity index (χ2v) is 8.84. The Morgan fingerprint density at radius 1 is 1.10 bits per heavy atom. The zero-order valence-corrected chi connectivity index (χ0v) is 18.8. The number of benzene rings is 2. The van der Waals surface area contributed by atoms with Crippen LogP contribution in [0.5, 0.6) is 11.5 Å². The van der Waals surface area contributed by atoms with Gasteiger partial charge in [-0.15, -0.1) is 0 Å². The zero-order chi connectivity index (χ0) is 23.3. The summed E-state index contributed by atoms with van der Waals surface area (Å²) < 4.78 is 36.1. The number of non-ortho nitro benzene ring substituents is 1. The second kappa shape index (κ2) is 9.65. The van der Waals surface area contributed by atoms with Crippen LogP contribution in [0.4, 0.5) is 11.4 Å². The molecule has 0 aliphatic carbocycles. The van der Waals surface area contributed by atoms with Gasteiger partial charge in [0.25, 0.3) is 5.69 Å². The van der Waals surface area contributed by atoms with E-state index in [0.717, 1.165) is 22.2 Å². The fourth-order valence-corrected chi connectivity index (χ4v) is 3.84. The number of hydrogen-bond donors (Lipinski definition) is 0. The first-order valence-corrected chi connectivity index (χ1v) is 11.0. The number of aryl methyl sites for hydroxylation is 1. The van der Waals surface area contributed by atoms with Crippen LogP contribution in [0.1, 0.15) is 11.1 Å². The third-order valence-corrected chi connectivity index (χ3v) is 5.77. The van der Waals surface area contributed by atoms with Crippen molar-refractivity contribution < 1.29 is 27.6 Å². The molecule has 0 fully saturated rings. The summed E-state index contributed by atoms with van der Waals surface area (Å²) in [4.78, 5) is 24.7. The van der Waals surface area contributed by atoms with Crippen LogP contribution in [0, 0.1) is 17.0 Å². The average molecular weight is 452 g/mol. The summed E-state index contributed by atoms with van der Waals surface area (Å²) in [5.74, 6) is 0.571. The molecule has 0 saturated carbocycles. The van der Waals surface area contributed by atoms with Crippen LogP contribution in [-0.4, -0.2) is 58.2 Å². The molecule has 2 rings (SSSR count). The van der Waals surface area contributed by atoms with E-state index in [4.69, 9.17) is 9.47 Å². The number of nitrogens with zero attached hydrogens (tertiary/aromatic N) is 3. The maximum atomic E-state index is 12.8. The molecule has 1 amide bonds. The minimum absolute atomic E-state index is 0.0876. The first kappa shape index (κ1) is 23.9. The van der Waals surface area contributed by atoms with E-state index in [1.807, 2.05) is 0 Å². The standard InChI is InChI=1S/C20H25N3O7S/c1-14-6-8-16(23(25)26)11-17(14)22(31(5,27)28)13-20(24)21(2)12-15-7-9-18(29-3)19(10-15)30-4/h6-11H,12-13H2,1-5H3. The second-order valence-electron chi connectivity index (χ2n) is 6.94. The Balaban J connectivity index is 2.28. The van der Waals surface area contributed by atoms with E-state index in [0.29, 0.717) is 17.1 Å². The Morgan fingerprint density at radius 2 is 1.74 bits per heavy atom. The third kappa shape index (κ3) is 5.85. The molecule has 0 aliphatic heterocycles. The molecule has 0 bridgehead atoms. The quantitative estimate of drug-likeness (QED) is 0.424. The third-order valence-electron chi connectivity index (χ3n) is 4.64. The number of amides is 1. The molecule has 2 aromatic carbocycles. The normalized spacial score (nSPS) is 11.0. The van der Waals surface area contributed by atoms with Gasteiger partial charge < -0.3 is 14.4 Å². The van der Waals surface area contributed by atoms with Crippen molar-refractivity contribution >= 4 is 27.3 Å². The molecule has 11 heteroatoms. The maximum Gasteiger partial charge on any atom is 0.271 e. The topological polar surface area (TPSA) is 119 Å². The van der Waals surface area contributed by atoms with Gasteiger partial charge in [-0.3, -0.25) is 19.2 Å². The summed E-state index contributed by atoms with van der Waals surface area (Å²) in [7, 11) is 0.683. The minimum atomic E-state index is -3.88. The number of nitro benzene ring substituents is 1. The van der Waals surface area contributed by atoms with E-state index in [1.165, 1.54) is 31.3 Å². The van der Waals surface area contributed by atoms with Crippen LogP contribution in [0.3, 0.4) is 0 Å². The van der Waals surface area contributed by atoms with Gasteiger partial charge in [0.05, 0.1) is 31.1 Å². The van der Waals surface area contributed by atoms with E-state index < -0.39 is 27.4 Å². The maximum absolute atomic E-state index is 12.8. The molecular formula is C20H25N3O7S. The van der Waals surface area contributed by atoms with Crippen LogP contribution in [0.15, 0.2) is 36.4 Å². The molecule has 0 N–H and O–H groups in total. The van der Waals surface area contributed by atoms with Crippen LogP contribution < -0.4 is 13.8 Å². The SMILES string of the molecule is COc1ccc(CN(C)C(=O)CN(c2cc([N+](=O)[O-])ccc2C)S(C)(=O)=O)cc1OC. The lowest BCUT2D eigenvalue weighted by molar-refractivity contribution is -0.384. The summed E-state index contributed by atoms with van der Waals surface area (Å²) >= 11 is 0. The number of carbonyl (C=O) groups is 1. The predicted octanol–water partition coefficient (Wildman–Crippen LogP) is 2.35. The van der Waals surface area contributed by atoms with Crippen molar-refractivity contribution in [3.05, 3.63) is 57.6 Å². The first-order valence-electron chi connectivity index (χ1n) is 9.15. The highest BCUT2D eigenvalue weighted by atomic mass is 32.2. The molecule has 10 nitrogen and oxygen atoms in total. The van der Waals surface area contributed by atoms with Gasteiger partial charge in [0, 0.05) is 25.7 Å². The molecule has 0 saturated heterocycles. The molecule has 0 heterocycles. The summed E-state index contributed by atoms with van der Waals surface area (Å²) in [6.07, 6.45) is 0.951. The number of anilines is 1. The van der Waals surface area contributed by atoms with Crippen molar-refractivity contribution in [1.29, 1.82) is 0 Å². The van der Waals surface area contributed by atoms with Crippen molar-refractivity contribution in [2.45, 2.75) is 13.5 Å². The first-order chi connectivity index (χ1) is 14.5. The number of likely N-dealkylation sites (N-methyl/N-ethyl adjacent to an activating group) is 1. The lowest BCUT2D eigenvalue weighted by Crippen LogP contribution is -2.41. The Morgan fingerprint density at radius 3 is 2.29 bits per heavy atom. The molecule has 31 heavy (non-hydrogen) atoms. The van der Waals surface area contributed by atoms with Gasteiger partial charge in [0.2, 0.25) is 15.9 Å². The summed E-state index contributed by atoms with van der Waals surface area (Å²) in [6, 6.07) is 9.08. The molecule has 0 aromatic heterocycles. The Kier molecular flexibility index (Phi) is 7.45. The molecule has 0 spiro atoms. The van der Waals surface area contributed by atoms with Gasteiger partial charge in [0.15, 0.2) is 11.5 Å². The number of nitro groups is 1. The van der Waals surface area contributed by atoms with E-state index in [9.17, 15) is 23.3 Å². The van der Waals surface area contributed by atoms with E-state index >= 15 is 0 Å². The van der Waals surface area contributed by atoms with Crippen LogP contribution in [0.25, 0.3) is 0 Å². The number of carbonyl (C=O) groups excluding carboxylic acids is 1. The van der Waals surface area contributed by atoms with E-state index in [1.54, 1.807) is 32.2 Å². The van der Waals surface area contributed by atoms with E-state index in [-0.39, 0.29) is 17.9 Å². The fraction of sp³-hybridized carbons (Fsp3) is 0.350. The average Bonchev–Trinajstić information content (AvgIpc) is 2.71. The lowest BCUT2D eigenvalue weighted by Gasteiger charge is -2.26. The largest absolute Gasteiger partial charge is 0.493 e. The number of rotatable bonds is 9. The smallest absolute Gasteiger partial charge is 0.271 e. The lowest BCUT2D eigenvalue weighted by atomic mass is 10.1. The number of hydrogen-bond acceptors (Lipinski definition) is 7. The van der Waals surface area contributed by atoms with Crippen LogP contribution in [-0.2, 0) is 21.4 Å². The van der Waals surface area contributed by atoms with Gasteiger partial charge >= 0.3 is 0 Å². The predicted molar refractivity (Wildman–Crippen MR) is 116 cm³/mol. The molecule has 0 atom stereocenters. The van der Waals surface area contributed by atoms with Gasteiger partial charge in [-0.25, -0.2) is 8.42 Å². The summed E-state index contributed by atoms with van der Waals surface area (Å²) in [5.41, 5.74) is 1.07. The van der Waals surface area contributed by atoms with Crippen molar-refractivity contribution in [1.82, 2.24) is 4.90 Å². The van der Waals surface area contributed by atoms with Gasteiger partial charge in [0.1, 0.15) is 6.54 Å². The Labute approximate surface area is 181 Å². The highest BCUT2D eigenvalue weighted by molar-refractivity contribution is 7.92. The van der Waals surface area contributed by atoms with Gasteiger partial charge in [-0.1, -0.05) is 12.1 Å². The minimum Gasteiger partial charge on any atom is -0.493 e. The highest BCUT2D eigenvalue weighted by Crippen LogP contribution is 2.29. The van der Waals surface area contributed by atoms with Crippen molar-refractivity contribution in [2.24, 2.45) is 0 Å². The molecule has 0 radical (unpaired) electrons. The molecule has 0 unspecified atom stereocenters. The summed E-state index contributed by atoms with van der Waals surface area (Å²) in [6.45, 7) is 1.32. The zero-order valence-electron chi connectivity index (χ0n) is 18.0. The highest BCUT2D eigenvalue weighted by Gasteiger charge is 2.26. The molecule has 0 aliphatic rings. The Hall–Kier alpha value is -3.34. The van der Waals surface area contributed by atoms with E-state index in [2.05, 4.69) is 0 Å². The monoisotopic (exact) mass is 451 g/mol. The number of sulfonamides is 1. The molecule has 168 valence electrons. The fourth-order valence-electron chi connectivity index (χ4n) is 2.95. The number of ether oxygens (including phenoxy) is 2. The number of methoxy groups -OCH3 is 2. The molecular weight excluding hydrogens is 426 g/mol.